The zero-order valence-electron chi connectivity index (χ0n) is 7.29. The molecule has 14 heavy (non-hydrogen) atoms. The predicted molar refractivity (Wildman–Crippen MR) is 52.7 cm³/mol. The smallest absolute Gasteiger partial charge is 0.136 e. The Labute approximate surface area is 79.9 Å². The summed E-state index contributed by atoms with van der Waals surface area (Å²) in [5.74, 6) is -0.810. The number of rotatable bonds is 1. The molecule has 1 aromatic heterocycles. The van der Waals surface area contributed by atoms with Gasteiger partial charge in [0.05, 0.1) is 11.1 Å². The molecule has 0 aliphatic carbocycles. The van der Waals surface area contributed by atoms with Crippen molar-refractivity contribution in [2.75, 3.05) is 0 Å². The minimum absolute atomic E-state index is 0.0723. The lowest BCUT2D eigenvalue weighted by molar-refractivity contribution is 0.626. The van der Waals surface area contributed by atoms with E-state index < -0.39 is 5.82 Å². The van der Waals surface area contributed by atoms with E-state index in [-0.39, 0.29) is 11.4 Å². The van der Waals surface area contributed by atoms with Gasteiger partial charge in [0, 0.05) is 11.6 Å². The van der Waals surface area contributed by atoms with Crippen LogP contribution in [0.2, 0.25) is 0 Å². The van der Waals surface area contributed by atoms with E-state index in [9.17, 15) is 4.39 Å². The van der Waals surface area contributed by atoms with Crippen molar-refractivity contribution in [2.24, 2.45) is 5.73 Å². The van der Waals surface area contributed by atoms with Crippen molar-refractivity contribution in [3.05, 3.63) is 41.8 Å². The number of nitrogens with zero attached hydrogens (tertiary/aromatic N) is 1. The van der Waals surface area contributed by atoms with E-state index in [1.54, 1.807) is 24.4 Å². The summed E-state index contributed by atoms with van der Waals surface area (Å²) in [7, 11) is 0. The number of fused-ring (bicyclic) bond motifs is 1. The van der Waals surface area contributed by atoms with Gasteiger partial charge in [-0.25, -0.2) is 4.39 Å². The lowest BCUT2D eigenvalue weighted by atomic mass is 10.1. The molecular weight excluding hydrogens is 181 g/mol. The summed E-state index contributed by atoms with van der Waals surface area (Å²) in [5, 5.41) is 8.03. The number of hydrogen-bond acceptors (Lipinski definition) is 2. The molecule has 4 heteroatoms. The Balaban J connectivity index is 2.90. The average molecular weight is 189 g/mol. The fourth-order valence-corrected chi connectivity index (χ4v) is 1.38. The van der Waals surface area contributed by atoms with Crippen LogP contribution in [0.15, 0.2) is 30.5 Å². The van der Waals surface area contributed by atoms with Crippen LogP contribution in [0.25, 0.3) is 10.9 Å². The van der Waals surface area contributed by atoms with Crippen LogP contribution in [0.1, 0.15) is 5.56 Å². The summed E-state index contributed by atoms with van der Waals surface area (Å²) in [6.45, 7) is 0. The average Bonchev–Trinajstić information content (AvgIpc) is 2.17. The van der Waals surface area contributed by atoms with E-state index in [0.717, 1.165) is 5.39 Å². The SMILES string of the molecule is N=C(N)c1c(F)ccc2cccnc12. The van der Waals surface area contributed by atoms with Crippen molar-refractivity contribution < 1.29 is 4.39 Å². The maximum Gasteiger partial charge on any atom is 0.136 e. The number of pyridine rings is 1. The lowest BCUT2D eigenvalue weighted by Gasteiger charge is -2.04. The Hall–Kier alpha value is -1.97. The maximum absolute atomic E-state index is 13.3. The number of halogens is 1. The normalized spacial score (nSPS) is 10.4. The quantitative estimate of drug-likeness (QED) is 0.529. The number of amidine groups is 1. The highest BCUT2D eigenvalue weighted by molar-refractivity contribution is 6.06. The number of hydrogen-bond donors (Lipinski definition) is 2. The molecule has 0 amide bonds. The Morgan fingerprint density at radius 1 is 1.36 bits per heavy atom. The van der Waals surface area contributed by atoms with Crippen molar-refractivity contribution in [3.63, 3.8) is 0 Å². The molecule has 3 N–H and O–H groups in total. The number of nitrogen functional groups attached to an aromatic ring is 1. The van der Waals surface area contributed by atoms with Gasteiger partial charge in [-0.2, -0.15) is 0 Å². The molecule has 0 aliphatic rings. The molecule has 3 nitrogen and oxygen atoms in total. The van der Waals surface area contributed by atoms with Gasteiger partial charge in [0.2, 0.25) is 0 Å². The minimum Gasteiger partial charge on any atom is -0.384 e. The number of aromatic nitrogens is 1. The predicted octanol–water partition coefficient (Wildman–Crippen LogP) is 1.66. The monoisotopic (exact) mass is 189 g/mol. The third-order valence-electron chi connectivity index (χ3n) is 1.99. The van der Waals surface area contributed by atoms with E-state index in [2.05, 4.69) is 4.98 Å². The molecule has 0 fully saturated rings. The molecule has 1 heterocycles. The first kappa shape index (κ1) is 8.62. The lowest BCUT2D eigenvalue weighted by Crippen LogP contribution is -2.14. The Morgan fingerprint density at radius 3 is 2.86 bits per heavy atom. The Bertz CT molecular complexity index is 508. The highest BCUT2D eigenvalue weighted by Gasteiger charge is 2.10. The first-order valence-corrected chi connectivity index (χ1v) is 4.08. The van der Waals surface area contributed by atoms with Crippen LogP contribution in [-0.4, -0.2) is 10.8 Å². The van der Waals surface area contributed by atoms with Gasteiger partial charge in [-0.05, 0) is 18.2 Å². The molecule has 2 rings (SSSR count). The third kappa shape index (κ3) is 1.21. The molecule has 0 atom stereocenters. The van der Waals surface area contributed by atoms with E-state index in [4.69, 9.17) is 11.1 Å². The molecule has 0 radical (unpaired) electrons. The summed E-state index contributed by atoms with van der Waals surface area (Å²) in [6, 6.07) is 6.46. The van der Waals surface area contributed by atoms with Gasteiger partial charge in [0.25, 0.3) is 0 Å². The second-order valence-corrected chi connectivity index (χ2v) is 2.91. The van der Waals surface area contributed by atoms with Gasteiger partial charge >= 0.3 is 0 Å². The van der Waals surface area contributed by atoms with Crippen molar-refractivity contribution in [1.82, 2.24) is 4.98 Å². The highest BCUT2D eigenvalue weighted by atomic mass is 19.1. The first-order chi connectivity index (χ1) is 6.70. The van der Waals surface area contributed by atoms with Gasteiger partial charge in [0.15, 0.2) is 0 Å². The van der Waals surface area contributed by atoms with Crippen LogP contribution >= 0.6 is 0 Å². The fourth-order valence-electron chi connectivity index (χ4n) is 1.38. The zero-order valence-corrected chi connectivity index (χ0v) is 7.29. The van der Waals surface area contributed by atoms with Crippen LogP contribution in [0.5, 0.6) is 0 Å². The van der Waals surface area contributed by atoms with Crippen LogP contribution in [-0.2, 0) is 0 Å². The van der Waals surface area contributed by atoms with Gasteiger partial charge < -0.3 is 5.73 Å². The van der Waals surface area contributed by atoms with Crippen molar-refractivity contribution in [1.29, 1.82) is 5.41 Å². The maximum atomic E-state index is 13.3. The molecule has 0 saturated carbocycles. The van der Waals surface area contributed by atoms with Crippen LogP contribution < -0.4 is 5.73 Å². The molecule has 70 valence electrons. The number of nitrogens with one attached hydrogen (secondary N) is 1. The van der Waals surface area contributed by atoms with E-state index in [0.29, 0.717) is 5.52 Å². The molecule has 1 aromatic carbocycles. The number of benzene rings is 1. The summed E-state index contributed by atoms with van der Waals surface area (Å²) < 4.78 is 13.3. The molecular formula is C10H8FN3. The Morgan fingerprint density at radius 2 is 2.14 bits per heavy atom. The summed E-state index contributed by atoms with van der Waals surface area (Å²) >= 11 is 0. The van der Waals surface area contributed by atoms with E-state index in [1.165, 1.54) is 6.07 Å². The number of nitrogens with two attached hydrogens (primary N) is 1. The third-order valence-corrected chi connectivity index (χ3v) is 1.99. The molecule has 0 unspecified atom stereocenters. The van der Waals surface area contributed by atoms with Gasteiger partial charge in [-0.1, -0.05) is 6.07 Å². The highest BCUT2D eigenvalue weighted by Crippen LogP contribution is 2.18. The molecule has 2 aromatic rings. The molecule has 0 spiro atoms. The first-order valence-electron chi connectivity index (χ1n) is 4.08. The minimum atomic E-state index is -0.510. The second-order valence-electron chi connectivity index (χ2n) is 2.91. The largest absolute Gasteiger partial charge is 0.384 e. The van der Waals surface area contributed by atoms with Gasteiger partial charge in [-0.15, -0.1) is 0 Å². The second kappa shape index (κ2) is 3.06. The van der Waals surface area contributed by atoms with E-state index in [1.807, 2.05) is 0 Å². The van der Waals surface area contributed by atoms with Crippen molar-refractivity contribution >= 4 is 16.7 Å². The summed E-state index contributed by atoms with van der Waals surface area (Å²) in [6.07, 6.45) is 1.55. The van der Waals surface area contributed by atoms with Crippen LogP contribution in [0, 0.1) is 11.2 Å². The van der Waals surface area contributed by atoms with Crippen molar-refractivity contribution in [2.45, 2.75) is 0 Å². The fraction of sp³-hybridized carbons (Fsp3) is 0. The standard InChI is InChI=1S/C10H8FN3/c11-7-4-3-6-2-1-5-14-9(6)8(7)10(12)13/h1-5H,(H3,12,13). The molecule has 0 bridgehead atoms. The topological polar surface area (TPSA) is 62.8 Å². The molecule has 0 aliphatic heterocycles. The van der Waals surface area contributed by atoms with Crippen LogP contribution in [0.3, 0.4) is 0 Å². The molecule has 0 saturated heterocycles. The van der Waals surface area contributed by atoms with Gasteiger partial charge in [-0.3, -0.25) is 10.4 Å². The summed E-state index contributed by atoms with van der Waals surface area (Å²) in [5.41, 5.74) is 5.79. The van der Waals surface area contributed by atoms with E-state index >= 15 is 0 Å². The van der Waals surface area contributed by atoms with Crippen LogP contribution in [0.4, 0.5) is 4.39 Å². The van der Waals surface area contributed by atoms with Gasteiger partial charge in [0.1, 0.15) is 11.7 Å². The Kier molecular flexibility index (Phi) is 1.89. The van der Waals surface area contributed by atoms with Crippen molar-refractivity contribution in [3.8, 4) is 0 Å². The zero-order chi connectivity index (χ0) is 10.1. The summed E-state index contributed by atoms with van der Waals surface area (Å²) in [4.78, 5) is 4.00.